The number of ether oxygens (including phenoxy) is 1. The van der Waals surface area contributed by atoms with Crippen LogP contribution in [-0.2, 0) is 0 Å². The Hall–Kier alpha value is -1.95. The summed E-state index contributed by atoms with van der Waals surface area (Å²) in [4.78, 5) is 8.75. The molecule has 1 aromatic carbocycles. The van der Waals surface area contributed by atoms with Crippen molar-refractivity contribution in [3.05, 3.63) is 30.3 Å². The van der Waals surface area contributed by atoms with Gasteiger partial charge < -0.3 is 15.4 Å². The number of rotatable bonds is 6. The summed E-state index contributed by atoms with van der Waals surface area (Å²) >= 11 is 1.51. The molecule has 0 spiro atoms. The van der Waals surface area contributed by atoms with Crippen LogP contribution in [0, 0.1) is 0 Å². The molecule has 5 nitrogen and oxygen atoms in total. The van der Waals surface area contributed by atoms with Gasteiger partial charge in [-0.2, -0.15) is 0 Å². The minimum absolute atomic E-state index is 0.668. The molecule has 2 N–H and O–H groups in total. The van der Waals surface area contributed by atoms with Crippen molar-refractivity contribution in [2.75, 3.05) is 30.5 Å². The fourth-order valence-corrected chi connectivity index (χ4v) is 2.04. The van der Waals surface area contributed by atoms with E-state index in [0.29, 0.717) is 6.61 Å². The number of aromatic nitrogens is 2. The topological polar surface area (TPSA) is 59.1 Å². The highest BCUT2D eigenvalue weighted by atomic mass is 32.2. The van der Waals surface area contributed by atoms with Gasteiger partial charge in [0.15, 0.2) is 5.16 Å². The van der Waals surface area contributed by atoms with E-state index >= 15 is 0 Å². The monoisotopic (exact) mass is 290 g/mol. The van der Waals surface area contributed by atoms with Gasteiger partial charge in [0.25, 0.3) is 0 Å². The predicted octanol–water partition coefficient (Wildman–Crippen LogP) is 3.38. The second kappa shape index (κ2) is 7.00. The Balaban J connectivity index is 2.16. The third kappa shape index (κ3) is 3.77. The van der Waals surface area contributed by atoms with Gasteiger partial charge in [-0.15, -0.1) is 0 Å². The summed E-state index contributed by atoms with van der Waals surface area (Å²) in [7, 11) is 1.84. The molecule has 20 heavy (non-hydrogen) atoms. The molecule has 106 valence electrons. The van der Waals surface area contributed by atoms with E-state index in [-0.39, 0.29) is 0 Å². The zero-order valence-electron chi connectivity index (χ0n) is 11.8. The van der Waals surface area contributed by atoms with Crippen LogP contribution in [0.3, 0.4) is 0 Å². The minimum atomic E-state index is 0.668. The zero-order valence-corrected chi connectivity index (χ0v) is 12.6. The molecule has 0 aliphatic carbocycles. The maximum Gasteiger partial charge on any atom is 0.191 e. The molecule has 0 aliphatic rings. The van der Waals surface area contributed by atoms with Crippen LogP contribution in [0.1, 0.15) is 6.92 Å². The second-order valence-electron chi connectivity index (χ2n) is 3.96. The molecule has 0 saturated carbocycles. The third-order valence-corrected chi connectivity index (χ3v) is 3.13. The molecule has 0 bridgehead atoms. The minimum Gasteiger partial charge on any atom is -0.494 e. The predicted molar refractivity (Wildman–Crippen MR) is 84.3 cm³/mol. The highest BCUT2D eigenvalue weighted by molar-refractivity contribution is 7.98. The van der Waals surface area contributed by atoms with Crippen molar-refractivity contribution in [2.45, 2.75) is 12.1 Å². The number of benzene rings is 1. The fourth-order valence-electron chi connectivity index (χ4n) is 1.66. The Morgan fingerprint density at radius 1 is 1.15 bits per heavy atom. The van der Waals surface area contributed by atoms with E-state index in [1.54, 1.807) is 0 Å². The normalized spacial score (nSPS) is 10.2. The second-order valence-corrected chi connectivity index (χ2v) is 4.73. The van der Waals surface area contributed by atoms with Crippen molar-refractivity contribution in [3.63, 3.8) is 0 Å². The molecule has 1 heterocycles. The lowest BCUT2D eigenvalue weighted by Crippen LogP contribution is -2.00. The van der Waals surface area contributed by atoms with Gasteiger partial charge in [0.2, 0.25) is 0 Å². The van der Waals surface area contributed by atoms with Crippen molar-refractivity contribution >= 4 is 29.1 Å². The zero-order chi connectivity index (χ0) is 14.4. The first-order valence-corrected chi connectivity index (χ1v) is 7.58. The summed E-state index contributed by atoms with van der Waals surface area (Å²) in [6.45, 7) is 2.64. The first-order valence-electron chi connectivity index (χ1n) is 6.36. The van der Waals surface area contributed by atoms with E-state index in [9.17, 15) is 0 Å². The quantitative estimate of drug-likeness (QED) is 0.628. The Labute approximate surface area is 123 Å². The SMILES string of the molecule is CCOc1ccc(Nc2cc(NC)nc(SC)n2)cc1. The van der Waals surface area contributed by atoms with E-state index in [4.69, 9.17) is 4.74 Å². The first-order chi connectivity index (χ1) is 9.75. The van der Waals surface area contributed by atoms with Crippen LogP contribution in [-0.4, -0.2) is 29.9 Å². The Morgan fingerprint density at radius 2 is 1.85 bits per heavy atom. The highest BCUT2D eigenvalue weighted by Crippen LogP contribution is 2.22. The number of nitrogens with one attached hydrogen (secondary N) is 2. The maximum absolute atomic E-state index is 5.42. The van der Waals surface area contributed by atoms with Gasteiger partial charge in [0, 0.05) is 18.8 Å². The number of thioether (sulfide) groups is 1. The Kier molecular flexibility index (Phi) is 5.06. The van der Waals surface area contributed by atoms with Crippen LogP contribution in [0.4, 0.5) is 17.3 Å². The van der Waals surface area contributed by atoms with E-state index < -0.39 is 0 Å². The molecule has 2 rings (SSSR count). The molecule has 0 saturated heterocycles. The summed E-state index contributed by atoms with van der Waals surface area (Å²) in [5.41, 5.74) is 0.959. The third-order valence-electron chi connectivity index (χ3n) is 2.58. The van der Waals surface area contributed by atoms with Crippen molar-refractivity contribution in [3.8, 4) is 5.75 Å². The molecule has 2 aromatic rings. The number of anilines is 3. The Bertz CT molecular complexity index is 537. The average Bonchev–Trinajstić information content (AvgIpc) is 2.49. The lowest BCUT2D eigenvalue weighted by Gasteiger charge is -2.09. The molecule has 0 atom stereocenters. The lowest BCUT2D eigenvalue weighted by molar-refractivity contribution is 0.340. The average molecular weight is 290 g/mol. The molecule has 0 amide bonds. The van der Waals surface area contributed by atoms with Crippen LogP contribution in [0.5, 0.6) is 5.75 Å². The summed E-state index contributed by atoms with van der Waals surface area (Å²) < 4.78 is 5.42. The smallest absolute Gasteiger partial charge is 0.191 e. The summed E-state index contributed by atoms with van der Waals surface area (Å²) in [6, 6.07) is 9.66. The molecule has 0 radical (unpaired) electrons. The molecule has 0 fully saturated rings. The maximum atomic E-state index is 5.42. The van der Waals surface area contributed by atoms with Gasteiger partial charge >= 0.3 is 0 Å². The highest BCUT2D eigenvalue weighted by Gasteiger charge is 2.03. The van der Waals surface area contributed by atoms with Crippen LogP contribution in [0.2, 0.25) is 0 Å². The van der Waals surface area contributed by atoms with E-state index in [0.717, 1.165) is 28.2 Å². The Morgan fingerprint density at radius 3 is 2.45 bits per heavy atom. The van der Waals surface area contributed by atoms with Crippen LogP contribution in [0.15, 0.2) is 35.5 Å². The van der Waals surface area contributed by atoms with Crippen LogP contribution >= 0.6 is 11.8 Å². The van der Waals surface area contributed by atoms with Gasteiger partial charge in [-0.1, -0.05) is 11.8 Å². The van der Waals surface area contributed by atoms with Crippen molar-refractivity contribution in [2.24, 2.45) is 0 Å². The molecular formula is C14H18N4OS. The molecular weight excluding hydrogens is 272 g/mol. The van der Waals surface area contributed by atoms with Gasteiger partial charge in [-0.3, -0.25) is 0 Å². The van der Waals surface area contributed by atoms with Crippen molar-refractivity contribution in [1.29, 1.82) is 0 Å². The van der Waals surface area contributed by atoms with Gasteiger partial charge in [0.1, 0.15) is 17.4 Å². The molecule has 0 aliphatic heterocycles. The van der Waals surface area contributed by atoms with E-state index in [2.05, 4.69) is 20.6 Å². The molecule has 0 unspecified atom stereocenters. The van der Waals surface area contributed by atoms with E-state index in [1.165, 1.54) is 11.8 Å². The first kappa shape index (κ1) is 14.5. The number of hydrogen-bond acceptors (Lipinski definition) is 6. The molecule has 6 heteroatoms. The molecule has 1 aromatic heterocycles. The summed E-state index contributed by atoms with van der Waals surface area (Å²) in [5, 5.41) is 7.02. The standard InChI is InChI=1S/C14H18N4OS/c1-4-19-11-7-5-10(6-8-11)16-13-9-12(15-2)17-14(18-13)20-3/h5-9H,4H2,1-3H3,(H2,15,16,17,18). The lowest BCUT2D eigenvalue weighted by atomic mass is 10.3. The number of nitrogens with zero attached hydrogens (tertiary/aromatic N) is 2. The van der Waals surface area contributed by atoms with Gasteiger partial charge in [-0.05, 0) is 37.4 Å². The largest absolute Gasteiger partial charge is 0.494 e. The van der Waals surface area contributed by atoms with Gasteiger partial charge in [-0.25, -0.2) is 9.97 Å². The summed E-state index contributed by atoms with van der Waals surface area (Å²) in [5.74, 6) is 2.41. The summed E-state index contributed by atoms with van der Waals surface area (Å²) in [6.07, 6.45) is 1.95. The van der Waals surface area contributed by atoms with Crippen molar-refractivity contribution in [1.82, 2.24) is 9.97 Å². The van der Waals surface area contributed by atoms with Crippen LogP contribution < -0.4 is 15.4 Å². The fraction of sp³-hybridized carbons (Fsp3) is 0.286. The van der Waals surface area contributed by atoms with Gasteiger partial charge in [0.05, 0.1) is 6.61 Å². The van der Waals surface area contributed by atoms with Crippen LogP contribution in [0.25, 0.3) is 0 Å². The number of hydrogen-bond donors (Lipinski definition) is 2. The van der Waals surface area contributed by atoms with E-state index in [1.807, 2.05) is 50.6 Å². The van der Waals surface area contributed by atoms with Crippen molar-refractivity contribution < 1.29 is 4.74 Å².